The zero-order valence-electron chi connectivity index (χ0n) is 11.1. The minimum Gasteiger partial charge on any atom is -0.497 e. The van der Waals surface area contributed by atoms with Crippen LogP contribution in [0.15, 0.2) is 42.5 Å². The second-order valence-electron chi connectivity index (χ2n) is 4.70. The highest BCUT2D eigenvalue weighted by Crippen LogP contribution is 2.36. The first-order valence-electron chi connectivity index (χ1n) is 6.37. The number of fused-ring (bicyclic) bond motifs is 1. The smallest absolute Gasteiger partial charge is 0.119 e. The highest BCUT2D eigenvalue weighted by molar-refractivity contribution is 5.60. The minimum atomic E-state index is 0.327. The molecule has 0 aliphatic carbocycles. The van der Waals surface area contributed by atoms with Crippen LogP contribution in [-0.4, -0.2) is 14.2 Å². The van der Waals surface area contributed by atoms with E-state index in [2.05, 4.69) is 29.6 Å². The van der Waals surface area contributed by atoms with Crippen molar-refractivity contribution >= 4 is 5.69 Å². The van der Waals surface area contributed by atoms with E-state index in [4.69, 9.17) is 9.47 Å². The van der Waals surface area contributed by atoms with Crippen LogP contribution in [0.5, 0.6) is 11.5 Å². The molecule has 1 heterocycles. The Morgan fingerprint density at radius 2 is 1.63 bits per heavy atom. The van der Waals surface area contributed by atoms with Gasteiger partial charge in [-0.3, -0.25) is 0 Å². The molecule has 1 aliphatic rings. The van der Waals surface area contributed by atoms with Crippen LogP contribution in [0.25, 0.3) is 0 Å². The summed E-state index contributed by atoms with van der Waals surface area (Å²) in [5, 5.41) is 3.54. The van der Waals surface area contributed by atoms with Crippen molar-refractivity contribution in [3.05, 3.63) is 53.6 Å². The standard InChI is InChI=1S/C16H17NO2/c1-18-13-5-3-11(4-6-13)16-10-12-9-14(19-2)7-8-15(12)17-16/h3-9,16-17H,10H2,1-2H3. The van der Waals surface area contributed by atoms with Crippen molar-refractivity contribution in [3.8, 4) is 11.5 Å². The SMILES string of the molecule is COc1ccc(C2Cc3cc(OC)ccc3N2)cc1. The van der Waals surface area contributed by atoms with Gasteiger partial charge in [-0.15, -0.1) is 0 Å². The van der Waals surface area contributed by atoms with Crippen LogP contribution in [0, 0.1) is 0 Å². The second kappa shape index (κ2) is 4.84. The van der Waals surface area contributed by atoms with Gasteiger partial charge in [-0.05, 0) is 47.9 Å². The molecule has 0 saturated carbocycles. The van der Waals surface area contributed by atoms with E-state index in [9.17, 15) is 0 Å². The van der Waals surface area contributed by atoms with Crippen molar-refractivity contribution in [2.45, 2.75) is 12.5 Å². The van der Waals surface area contributed by atoms with Gasteiger partial charge in [0.2, 0.25) is 0 Å². The molecule has 3 nitrogen and oxygen atoms in total. The van der Waals surface area contributed by atoms with Gasteiger partial charge in [0, 0.05) is 5.69 Å². The number of nitrogens with one attached hydrogen (secondary N) is 1. The Hall–Kier alpha value is -2.16. The molecular formula is C16H17NO2. The van der Waals surface area contributed by atoms with Crippen LogP contribution >= 0.6 is 0 Å². The molecule has 3 rings (SSSR count). The lowest BCUT2D eigenvalue weighted by Gasteiger charge is -2.12. The predicted octanol–water partition coefficient (Wildman–Crippen LogP) is 3.41. The van der Waals surface area contributed by atoms with Gasteiger partial charge in [-0.2, -0.15) is 0 Å². The molecule has 1 unspecified atom stereocenters. The molecule has 0 spiro atoms. The normalized spacial score (nSPS) is 16.6. The third kappa shape index (κ3) is 2.24. The molecule has 1 N–H and O–H groups in total. The molecule has 3 heteroatoms. The first-order chi connectivity index (χ1) is 9.30. The van der Waals surface area contributed by atoms with Crippen LogP contribution in [0.1, 0.15) is 17.2 Å². The van der Waals surface area contributed by atoms with Crippen molar-refractivity contribution in [1.82, 2.24) is 0 Å². The van der Waals surface area contributed by atoms with Crippen LogP contribution in [0.4, 0.5) is 5.69 Å². The summed E-state index contributed by atoms with van der Waals surface area (Å²) in [6.45, 7) is 0. The Morgan fingerprint density at radius 3 is 2.32 bits per heavy atom. The molecule has 0 saturated heterocycles. The Kier molecular flexibility index (Phi) is 3.03. The third-order valence-corrected chi connectivity index (χ3v) is 3.58. The number of methoxy groups -OCH3 is 2. The minimum absolute atomic E-state index is 0.327. The molecular weight excluding hydrogens is 238 g/mol. The fourth-order valence-electron chi connectivity index (χ4n) is 2.50. The van der Waals surface area contributed by atoms with Crippen molar-refractivity contribution in [1.29, 1.82) is 0 Å². The molecule has 98 valence electrons. The van der Waals surface area contributed by atoms with Crippen LogP contribution in [-0.2, 0) is 6.42 Å². The number of anilines is 1. The first-order valence-corrected chi connectivity index (χ1v) is 6.37. The van der Waals surface area contributed by atoms with Crippen molar-refractivity contribution < 1.29 is 9.47 Å². The lowest BCUT2D eigenvalue weighted by Crippen LogP contribution is -2.05. The summed E-state index contributed by atoms with van der Waals surface area (Å²) in [4.78, 5) is 0. The van der Waals surface area contributed by atoms with Gasteiger partial charge in [-0.1, -0.05) is 12.1 Å². The molecule has 1 aliphatic heterocycles. The first kappa shape index (κ1) is 11.9. The quantitative estimate of drug-likeness (QED) is 0.911. The monoisotopic (exact) mass is 255 g/mol. The topological polar surface area (TPSA) is 30.5 Å². The van der Waals surface area contributed by atoms with Gasteiger partial charge in [0.1, 0.15) is 11.5 Å². The van der Waals surface area contributed by atoms with Gasteiger partial charge in [0.15, 0.2) is 0 Å². The fourth-order valence-corrected chi connectivity index (χ4v) is 2.50. The number of benzene rings is 2. The molecule has 0 amide bonds. The van der Waals surface area contributed by atoms with E-state index < -0.39 is 0 Å². The van der Waals surface area contributed by atoms with E-state index >= 15 is 0 Å². The van der Waals surface area contributed by atoms with E-state index in [1.165, 1.54) is 16.8 Å². The van der Waals surface area contributed by atoms with E-state index in [-0.39, 0.29) is 0 Å². The summed E-state index contributed by atoms with van der Waals surface area (Å²) in [7, 11) is 3.38. The summed E-state index contributed by atoms with van der Waals surface area (Å²) in [5.74, 6) is 1.80. The highest BCUT2D eigenvalue weighted by atomic mass is 16.5. The van der Waals surface area contributed by atoms with Gasteiger partial charge in [0.05, 0.1) is 20.3 Å². The summed E-state index contributed by atoms with van der Waals surface area (Å²) in [6, 6.07) is 14.7. The van der Waals surface area contributed by atoms with Gasteiger partial charge < -0.3 is 14.8 Å². The van der Waals surface area contributed by atoms with E-state index in [1.807, 2.05) is 18.2 Å². The number of rotatable bonds is 3. The largest absolute Gasteiger partial charge is 0.497 e. The molecule has 0 radical (unpaired) electrons. The zero-order chi connectivity index (χ0) is 13.2. The Morgan fingerprint density at radius 1 is 0.947 bits per heavy atom. The van der Waals surface area contributed by atoms with Crippen molar-refractivity contribution in [2.24, 2.45) is 0 Å². The van der Waals surface area contributed by atoms with Crippen LogP contribution < -0.4 is 14.8 Å². The van der Waals surface area contributed by atoms with E-state index in [1.54, 1.807) is 14.2 Å². The molecule has 0 fully saturated rings. The Labute approximate surface area is 113 Å². The zero-order valence-corrected chi connectivity index (χ0v) is 11.1. The number of ether oxygens (including phenoxy) is 2. The van der Waals surface area contributed by atoms with Crippen LogP contribution in [0.3, 0.4) is 0 Å². The summed E-state index contributed by atoms with van der Waals surface area (Å²) >= 11 is 0. The Bertz CT molecular complexity index is 578. The maximum absolute atomic E-state index is 5.27. The predicted molar refractivity (Wildman–Crippen MR) is 76.1 cm³/mol. The fraction of sp³-hybridized carbons (Fsp3) is 0.250. The van der Waals surface area contributed by atoms with Gasteiger partial charge >= 0.3 is 0 Å². The maximum atomic E-state index is 5.27. The van der Waals surface area contributed by atoms with Gasteiger partial charge in [0.25, 0.3) is 0 Å². The average Bonchev–Trinajstić information content (AvgIpc) is 2.90. The number of hydrogen-bond donors (Lipinski definition) is 1. The molecule has 2 aromatic carbocycles. The van der Waals surface area contributed by atoms with Gasteiger partial charge in [-0.25, -0.2) is 0 Å². The molecule has 0 bridgehead atoms. The summed E-state index contributed by atoms with van der Waals surface area (Å²) < 4.78 is 10.5. The lowest BCUT2D eigenvalue weighted by atomic mass is 10.0. The average molecular weight is 255 g/mol. The third-order valence-electron chi connectivity index (χ3n) is 3.58. The maximum Gasteiger partial charge on any atom is 0.119 e. The second-order valence-corrected chi connectivity index (χ2v) is 4.70. The molecule has 0 aromatic heterocycles. The van der Waals surface area contributed by atoms with Crippen molar-refractivity contribution in [3.63, 3.8) is 0 Å². The van der Waals surface area contributed by atoms with Crippen molar-refractivity contribution in [2.75, 3.05) is 19.5 Å². The molecule has 19 heavy (non-hydrogen) atoms. The van der Waals surface area contributed by atoms with E-state index in [0.29, 0.717) is 6.04 Å². The molecule has 1 atom stereocenters. The summed E-state index contributed by atoms with van der Waals surface area (Å²) in [6.07, 6.45) is 0.985. The summed E-state index contributed by atoms with van der Waals surface area (Å²) in [5.41, 5.74) is 3.78. The number of hydrogen-bond acceptors (Lipinski definition) is 3. The lowest BCUT2D eigenvalue weighted by molar-refractivity contribution is 0.414. The van der Waals surface area contributed by atoms with E-state index in [0.717, 1.165) is 17.9 Å². The van der Waals surface area contributed by atoms with Crippen LogP contribution in [0.2, 0.25) is 0 Å². The highest BCUT2D eigenvalue weighted by Gasteiger charge is 2.22. The molecule has 2 aromatic rings. The Balaban J connectivity index is 1.82.